The first-order valence-electron chi connectivity index (χ1n) is 9.08. The number of hydrogen-bond donors (Lipinski definition) is 2. The molecule has 1 saturated heterocycles. The van der Waals surface area contributed by atoms with Crippen LogP contribution in [0.2, 0.25) is 0 Å². The lowest BCUT2D eigenvalue weighted by atomic mass is 9.81. The van der Waals surface area contributed by atoms with Crippen LogP contribution in [0.4, 0.5) is 10.6 Å². The Balaban J connectivity index is 1.44. The fraction of sp³-hybridized carbons (Fsp3) is 0.556. The van der Waals surface area contributed by atoms with Crippen molar-refractivity contribution in [3.05, 3.63) is 35.6 Å². The third-order valence-electron chi connectivity index (χ3n) is 5.24. The number of nitrogens with one attached hydrogen (secondary N) is 2. The SMILES string of the molecule is Cc1noc(C2(NC(=O)Nc3ccc(C4CCC4)cn3)CCOCC2)n1. The zero-order chi connectivity index (χ0) is 18.0. The van der Waals surface area contributed by atoms with Crippen LogP contribution < -0.4 is 10.6 Å². The van der Waals surface area contributed by atoms with E-state index < -0.39 is 5.54 Å². The van der Waals surface area contributed by atoms with Crippen molar-refractivity contribution >= 4 is 11.8 Å². The number of urea groups is 1. The van der Waals surface area contributed by atoms with Crippen LogP contribution in [0, 0.1) is 6.92 Å². The number of anilines is 1. The molecule has 2 aromatic rings. The van der Waals surface area contributed by atoms with E-state index in [1.807, 2.05) is 18.3 Å². The third-order valence-corrected chi connectivity index (χ3v) is 5.24. The van der Waals surface area contributed by atoms with Gasteiger partial charge in [-0.25, -0.2) is 9.78 Å². The molecule has 1 aliphatic carbocycles. The Bertz CT molecular complexity index is 763. The van der Waals surface area contributed by atoms with Crippen molar-refractivity contribution in [2.45, 2.75) is 50.5 Å². The van der Waals surface area contributed by atoms with Gasteiger partial charge in [-0.3, -0.25) is 5.32 Å². The highest BCUT2D eigenvalue weighted by Gasteiger charge is 2.41. The van der Waals surface area contributed by atoms with Crippen molar-refractivity contribution in [2.24, 2.45) is 0 Å². The maximum absolute atomic E-state index is 12.6. The van der Waals surface area contributed by atoms with Crippen LogP contribution in [0.1, 0.15) is 55.3 Å². The molecule has 3 heterocycles. The molecule has 0 unspecified atom stereocenters. The molecule has 1 aliphatic heterocycles. The van der Waals surface area contributed by atoms with Crippen LogP contribution in [0.15, 0.2) is 22.9 Å². The van der Waals surface area contributed by atoms with Gasteiger partial charge in [-0.1, -0.05) is 17.6 Å². The number of pyridine rings is 1. The van der Waals surface area contributed by atoms with Crippen LogP contribution in [-0.2, 0) is 10.3 Å². The topological polar surface area (TPSA) is 102 Å². The van der Waals surface area contributed by atoms with E-state index in [2.05, 4.69) is 25.8 Å². The molecule has 8 heteroatoms. The second kappa shape index (κ2) is 7.03. The zero-order valence-corrected chi connectivity index (χ0v) is 14.8. The summed E-state index contributed by atoms with van der Waals surface area (Å²) < 4.78 is 10.8. The molecule has 0 spiro atoms. The maximum atomic E-state index is 12.6. The van der Waals surface area contributed by atoms with E-state index in [0.717, 1.165) is 0 Å². The molecule has 2 fully saturated rings. The number of aromatic nitrogens is 3. The van der Waals surface area contributed by atoms with Gasteiger partial charge in [-0.15, -0.1) is 0 Å². The van der Waals surface area contributed by atoms with Crippen molar-refractivity contribution in [3.63, 3.8) is 0 Å². The summed E-state index contributed by atoms with van der Waals surface area (Å²) in [5.74, 6) is 2.11. The second-order valence-electron chi connectivity index (χ2n) is 7.02. The average molecular weight is 357 g/mol. The predicted molar refractivity (Wildman–Crippen MR) is 93.7 cm³/mol. The van der Waals surface area contributed by atoms with Crippen LogP contribution in [0.3, 0.4) is 0 Å². The van der Waals surface area contributed by atoms with E-state index >= 15 is 0 Å². The number of nitrogens with zero attached hydrogens (tertiary/aromatic N) is 3. The van der Waals surface area contributed by atoms with Crippen LogP contribution in [0.25, 0.3) is 0 Å². The van der Waals surface area contributed by atoms with Gasteiger partial charge in [0.15, 0.2) is 5.82 Å². The highest BCUT2D eigenvalue weighted by molar-refractivity contribution is 5.88. The lowest BCUT2D eigenvalue weighted by Crippen LogP contribution is -2.51. The first-order chi connectivity index (χ1) is 12.6. The van der Waals surface area contributed by atoms with E-state index in [9.17, 15) is 4.79 Å². The standard InChI is InChI=1S/C18H23N5O3/c1-12-20-16(26-23-12)18(7-9-25-10-8-18)22-17(24)21-15-6-5-14(11-19-15)13-3-2-4-13/h5-6,11,13H,2-4,7-10H2,1H3,(H2,19,21,22,24). The normalized spacial score (nSPS) is 19.6. The zero-order valence-electron chi connectivity index (χ0n) is 14.8. The molecule has 0 atom stereocenters. The van der Waals surface area contributed by atoms with Crippen molar-refractivity contribution in [2.75, 3.05) is 18.5 Å². The highest BCUT2D eigenvalue weighted by Crippen LogP contribution is 2.36. The second-order valence-corrected chi connectivity index (χ2v) is 7.02. The summed E-state index contributed by atoms with van der Waals surface area (Å²) >= 11 is 0. The fourth-order valence-electron chi connectivity index (χ4n) is 3.43. The molecule has 0 aromatic carbocycles. The number of aryl methyl sites for hydroxylation is 1. The van der Waals surface area contributed by atoms with Gasteiger partial charge < -0.3 is 14.6 Å². The minimum Gasteiger partial charge on any atom is -0.381 e. The number of ether oxygens (including phenoxy) is 1. The van der Waals surface area contributed by atoms with Crippen LogP contribution in [-0.4, -0.2) is 34.4 Å². The molecule has 2 aromatic heterocycles. The number of carbonyl (C=O) groups is 1. The minimum absolute atomic E-state index is 0.341. The summed E-state index contributed by atoms with van der Waals surface area (Å²) in [6.45, 7) is 2.81. The maximum Gasteiger partial charge on any atom is 0.321 e. The lowest BCUT2D eigenvalue weighted by molar-refractivity contribution is 0.0285. The Hall–Kier alpha value is -2.48. The Morgan fingerprint density at radius 1 is 1.27 bits per heavy atom. The molecule has 2 N–H and O–H groups in total. The van der Waals surface area contributed by atoms with Crippen molar-refractivity contribution < 1.29 is 14.1 Å². The van der Waals surface area contributed by atoms with Crippen LogP contribution in [0.5, 0.6) is 0 Å². The van der Waals surface area contributed by atoms with E-state index in [-0.39, 0.29) is 6.03 Å². The van der Waals surface area contributed by atoms with Gasteiger partial charge in [0.05, 0.1) is 0 Å². The summed E-state index contributed by atoms with van der Waals surface area (Å²) in [6, 6.07) is 3.55. The van der Waals surface area contributed by atoms with Gasteiger partial charge >= 0.3 is 6.03 Å². The summed E-state index contributed by atoms with van der Waals surface area (Å²) in [7, 11) is 0. The van der Waals surface area contributed by atoms with Gasteiger partial charge in [-0.2, -0.15) is 4.98 Å². The molecule has 0 radical (unpaired) electrons. The number of carbonyl (C=O) groups excluding carboxylic acids is 1. The first kappa shape index (κ1) is 17.0. The molecular formula is C18H23N5O3. The summed E-state index contributed by atoms with van der Waals surface area (Å²) in [5.41, 5.74) is 0.527. The first-order valence-corrected chi connectivity index (χ1v) is 9.08. The molecule has 2 amide bonds. The molecule has 2 aliphatic rings. The Morgan fingerprint density at radius 3 is 2.65 bits per heavy atom. The smallest absolute Gasteiger partial charge is 0.321 e. The number of hydrogen-bond acceptors (Lipinski definition) is 6. The molecule has 4 rings (SSSR count). The molecule has 26 heavy (non-hydrogen) atoms. The van der Waals surface area contributed by atoms with Crippen molar-refractivity contribution in [3.8, 4) is 0 Å². The predicted octanol–water partition coefficient (Wildman–Crippen LogP) is 2.87. The number of amides is 2. The minimum atomic E-state index is -0.713. The van der Waals surface area contributed by atoms with Gasteiger partial charge in [0.25, 0.3) is 5.89 Å². The van der Waals surface area contributed by atoms with E-state index in [0.29, 0.717) is 49.5 Å². The molecular weight excluding hydrogens is 334 g/mol. The van der Waals surface area contributed by atoms with Crippen LogP contribution >= 0.6 is 0 Å². The van der Waals surface area contributed by atoms with E-state index in [4.69, 9.17) is 9.26 Å². The highest BCUT2D eigenvalue weighted by atomic mass is 16.5. The van der Waals surface area contributed by atoms with Crippen molar-refractivity contribution in [1.82, 2.24) is 20.4 Å². The average Bonchev–Trinajstić information content (AvgIpc) is 3.03. The quantitative estimate of drug-likeness (QED) is 0.872. The number of rotatable bonds is 4. The van der Waals surface area contributed by atoms with Gasteiger partial charge in [0, 0.05) is 32.3 Å². The summed E-state index contributed by atoms with van der Waals surface area (Å²) in [5, 5.41) is 9.66. The lowest BCUT2D eigenvalue weighted by Gasteiger charge is -2.34. The summed E-state index contributed by atoms with van der Waals surface area (Å²) in [6.07, 6.45) is 6.75. The monoisotopic (exact) mass is 357 g/mol. The van der Waals surface area contributed by atoms with E-state index in [1.165, 1.54) is 24.8 Å². The Labute approximate surface area is 151 Å². The van der Waals surface area contributed by atoms with Crippen molar-refractivity contribution in [1.29, 1.82) is 0 Å². The van der Waals surface area contributed by atoms with Gasteiger partial charge in [0.1, 0.15) is 11.4 Å². The van der Waals surface area contributed by atoms with E-state index in [1.54, 1.807) is 6.92 Å². The van der Waals surface area contributed by atoms with Gasteiger partial charge in [-0.05, 0) is 37.3 Å². The third kappa shape index (κ3) is 3.41. The van der Waals surface area contributed by atoms with Gasteiger partial charge in [0.2, 0.25) is 0 Å². The summed E-state index contributed by atoms with van der Waals surface area (Å²) in [4.78, 5) is 21.2. The molecule has 138 valence electrons. The molecule has 1 saturated carbocycles. The largest absolute Gasteiger partial charge is 0.381 e. The molecule has 0 bridgehead atoms. The Morgan fingerprint density at radius 2 is 2.08 bits per heavy atom. The fourth-order valence-corrected chi connectivity index (χ4v) is 3.43. The Kier molecular flexibility index (Phi) is 4.58. The molecule has 8 nitrogen and oxygen atoms in total.